The van der Waals surface area contributed by atoms with Crippen molar-refractivity contribution in [3.8, 4) is 0 Å². The zero-order valence-corrected chi connectivity index (χ0v) is 25.2. The highest BCUT2D eigenvalue weighted by atomic mass is 31.2. The summed E-state index contributed by atoms with van der Waals surface area (Å²) in [6.45, 7) is -3.00. The lowest BCUT2D eigenvalue weighted by Gasteiger charge is -2.47. The lowest BCUT2D eigenvalue weighted by atomic mass is 9.92. The second kappa shape index (κ2) is 15.3. The van der Waals surface area contributed by atoms with Gasteiger partial charge in [-0.05, 0) is 0 Å². The largest absolute Gasteiger partial charge is 0.477 e. The fourth-order valence-corrected chi connectivity index (χ4v) is 6.11. The molecule has 26 heteroatoms. The van der Waals surface area contributed by atoms with Crippen LogP contribution < -0.4 is 11.5 Å². The fourth-order valence-electron chi connectivity index (χ4n) is 4.95. The standard InChI is InChI=1S/C20H38N2O22P2/c21-9-12(27)11(26)7(40-17(9)29)3-38-18-10(22)13(28)16(44-46(35,36)37)8(41-18)4-39-20(19(30)31)1-5(24)15(43-45(32,33)34)14(42-20)6(25)2-23/h5-18,23-29H,1-4,21-22H2,(H,30,31)(H2,32,33,34)(H2,35,36,37)/t5-,6-,7-,8-,9-,10-,11-,12-,13-,14-,15-,16-,17+,18-,20-/m1/s1. The van der Waals surface area contributed by atoms with Gasteiger partial charge in [-0.2, -0.15) is 0 Å². The van der Waals surface area contributed by atoms with E-state index >= 15 is 0 Å². The van der Waals surface area contributed by atoms with Crippen molar-refractivity contribution < 1.29 is 107 Å². The molecule has 3 aliphatic heterocycles. The minimum absolute atomic E-state index is 0.694. The first-order chi connectivity index (χ1) is 21.1. The molecule has 3 fully saturated rings. The van der Waals surface area contributed by atoms with Gasteiger partial charge in [0.05, 0.1) is 38.0 Å². The maximum absolute atomic E-state index is 12.3. The van der Waals surface area contributed by atoms with Crippen molar-refractivity contribution in [2.75, 3.05) is 19.8 Å². The molecule has 0 spiro atoms. The van der Waals surface area contributed by atoms with Gasteiger partial charge in [-0.3, -0.25) is 9.05 Å². The Hall–Kier alpha value is -0.870. The molecule has 15 atom stereocenters. The van der Waals surface area contributed by atoms with E-state index in [4.69, 9.17) is 35.2 Å². The Labute approximate surface area is 258 Å². The predicted molar refractivity (Wildman–Crippen MR) is 138 cm³/mol. The first kappa shape index (κ1) is 39.6. The number of phosphoric ester groups is 2. The van der Waals surface area contributed by atoms with Crippen LogP contribution in [0.2, 0.25) is 0 Å². The summed E-state index contributed by atoms with van der Waals surface area (Å²) in [7, 11) is -10.8. The second-order valence-electron chi connectivity index (χ2n) is 10.7. The minimum Gasteiger partial charge on any atom is -0.477 e. The van der Waals surface area contributed by atoms with E-state index in [1.54, 1.807) is 0 Å². The van der Waals surface area contributed by atoms with Crippen molar-refractivity contribution in [2.45, 2.75) is 97.9 Å². The van der Waals surface area contributed by atoms with Crippen LogP contribution in [0.5, 0.6) is 0 Å². The van der Waals surface area contributed by atoms with Gasteiger partial charge in [0.2, 0.25) is 0 Å². The quantitative estimate of drug-likeness (QED) is 0.0785. The van der Waals surface area contributed by atoms with Gasteiger partial charge in [0, 0.05) is 6.42 Å². The van der Waals surface area contributed by atoms with E-state index in [2.05, 4.69) is 9.05 Å². The number of carbonyl (C=O) groups is 1. The van der Waals surface area contributed by atoms with Crippen LogP contribution >= 0.6 is 15.6 Å². The third kappa shape index (κ3) is 9.42. The van der Waals surface area contributed by atoms with E-state index in [-0.39, 0.29) is 0 Å². The van der Waals surface area contributed by atoms with Crippen molar-refractivity contribution in [3.63, 3.8) is 0 Å². The third-order valence-electron chi connectivity index (χ3n) is 7.31. The van der Waals surface area contributed by atoms with E-state index in [0.29, 0.717) is 0 Å². The van der Waals surface area contributed by atoms with Crippen LogP contribution in [-0.4, -0.2) is 178 Å². The molecule has 0 amide bonds. The van der Waals surface area contributed by atoms with Gasteiger partial charge in [0.1, 0.15) is 54.9 Å². The number of aliphatic hydroxyl groups excluding tert-OH is 7. The number of rotatable bonds is 13. The Bertz CT molecular complexity index is 1130. The summed E-state index contributed by atoms with van der Waals surface area (Å²) in [5.41, 5.74) is 11.4. The minimum atomic E-state index is -5.43. The molecule has 0 aromatic rings. The molecule has 0 aromatic heterocycles. The van der Waals surface area contributed by atoms with Crippen molar-refractivity contribution >= 4 is 21.6 Å². The number of phosphoric acid groups is 2. The number of nitrogens with two attached hydrogens (primary N) is 2. The molecule has 0 radical (unpaired) electrons. The van der Waals surface area contributed by atoms with E-state index in [1.165, 1.54) is 0 Å². The zero-order valence-electron chi connectivity index (χ0n) is 23.4. The number of hydrogen-bond donors (Lipinski definition) is 14. The Balaban J connectivity index is 1.85. The summed E-state index contributed by atoms with van der Waals surface area (Å²) >= 11 is 0. The third-order valence-corrected chi connectivity index (χ3v) is 8.35. The molecule has 0 aromatic carbocycles. The molecule has 0 aliphatic carbocycles. The fraction of sp³-hybridized carbons (Fsp3) is 0.950. The molecule has 3 aliphatic rings. The molecular weight excluding hydrogens is 682 g/mol. The van der Waals surface area contributed by atoms with Crippen LogP contribution in [0.1, 0.15) is 6.42 Å². The highest BCUT2D eigenvalue weighted by Gasteiger charge is 2.58. The number of aliphatic carboxylic acids is 1. The predicted octanol–water partition coefficient (Wildman–Crippen LogP) is -7.56. The molecular formula is C20H38N2O22P2. The van der Waals surface area contributed by atoms with Gasteiger partial charge in [-0.1, -0.05) is 0 Å². The summed E-state index contributed by atoms with van der Waals surface area (Å²) in [5, 5.41) is 80.9. The van der Waals surface area contributed by atoms with Gasteiger partial charge in [-0.15, -0.1) is 0 Å². The monoisotopic (exact) mass is 720 g/mol. The van der Waals surface area contributed by atoms with Gasteiger partial charge >= 0.3 is 21.6 Å². The van der Waals surface area contributed by atoms with Crippen LogP contribution in [0.4, 0.5) is 0 Å². The van der Waals surface area contributed by atoms with Crippen LogP contribution in [0.3, 0.4) is 0 Å². The summed E-state index contributed by atoms with van der Waals surface area (Å²) < 4.78 is 58.7. The highest BCUT2D eigenvalue weighted by molar-refractivity contribution is 7.46. The Morgan fingerprint density at radius 1 is 0.870 bits per heavy atom. The summed E-state index contributed by atoms with van der Waals surface area (Å²) in [6.07, 6.45) is -24.0. The van der Waals surface area contributed by atoms with Crippen LogP contribution in [0, 0.1) is 0 Å². The smallest absolute Gasteiger partial charge is 0.470 e. The number of carboxylic acid groups (broad SMARTS) is 1. The van der Waals surface area contributed by atoms with Gasteiger partial charge in [0.15, 0.2) is 12.6 Å². The molecule has 0 bridgehead atoms. The van der Waals surface area contributed by atoms with Crippen molar-refractivity contribution in [1.82, 2.24) is 0 Å². The van der Waals surface area contributed by atoms with Gasteiger partial charge in [-0.25, -0.2) is 13.9 Å². The van der Waals surface area contributed by atoms with Crippen molar-refractivity contribution in [2.24, 2.45) is 11.5 Å². The number of carboxylic acids is 1. The molecule has 0 unspecified atom stereocenters. The maximum atomic E-state index is 12.3. The van der Waals surface area contributed by atoms with Gasteiger partial charge < -0.3 is 95.6 Å². The van der Waals surface area contributed by atoms with E-state index in [9.17, 15) is 74.4 Å². The number of hydrogen-bond acceptors (Lipinski definition) is 19. The van der Waals surface area contributed by atoms with Crippen molar-refractivity contribution in [1.29, 1.82) is 0 Å². The molecule has 46 heavy (non-hydrogen) atoms. The number of ether oxygens (including phenoxy) is 5. The van der Waals surface area contributed by atoms with E-state index < -0.39 is 139 Å². The molecule has 16 N–H and O–H groups in total. The first-order valence-electron chi connectivity index (χ1n) is 13.3. The Morgan fingerprint density at radius 3 is 2.00 bits per heavy atom. The molecule has 24 nitrogen and oxygen atoms in total. The zero-order chi connectivity index (χ0) is 34.9. The lowest BCUT2D eigenvalue weighted by Crippen LogP contribution is -2.66. The average molecular weight is 720 g/mol. The van der Waals surface area contributed by atoms with Crippen LogP contribution in [0.15, 0.2) is 0 Å². The van der Waals surface area contributed by atoms with Crippen LogP contribution in [0.25, 0.3) is 0 Å². The van der Waals surface area contributed by atoms with E-state index in [0.717, 1.165) is 0 Å². The molecule has 270 valence electrons. The number of aliphatic hydroxyl groups is 7. The summed E-state index contributed by atoms with van der Waals surface area (Å²) in [4.78, 5) is 49.5. The molecule has 3 saturated heterocycles. The SMILES string of the molecule is N[C@@H]1[C@@H](O)[C@H](O)[C@@H](CO[C@@H]2O[C@H](CO[C@]3(C(=O)O)C[C@@H](O)[C@@H](OP(=O)(O)O)[C@@H]([C@H](O)CO)O3)[C@@H](OP(=O)(O)O)[C@H](O)[C@H]2N)O[C@@H]1O. The van der Waals surface area contributed by atoms with Crippen molar-refractivity contribution in [3.05, 3.63) is 0 Å². The average Bonchev–Trinajstić information content (AvgIpc) is 2.95. The highest BCUT2D eigenvalue weighted by Crippen LogP contribution is 2.45. The molecule has 3 heterocycles. The topological polar surface area (TPSA) is 411 Å². The van der Waals surface area contributed by atoms with E-state index in [1.807, 2.05) is 0 Å². The molecule has 0 saturated carbocycles. The molecule has 3 rings (SSSR count). The summed E-state index contributed by atoms with van der Waals surface area (Å²) in [6, 6.07) is -3.05. The Morgan fingerprint density at radius 2 is 1.46 bits per heavy atom. The van der Waals surface area contributed by atoms with Gasteiger partial charge in [0.25, 0.3) is 5.79 Å². The van der Waals surface area contributed by atoms with Crippen LogP contribution in [-0.2, 0) is 46.7 Å². The lowest BCUT2D eigenvalue weighted by molar-refractivity contribution is -0.338. The summed E-state index contributed by atoms with van der Waals surface area (Å²) in [5.74, 6) is -5.03. The first-order valence-corrected chi connectivity index (χ1v) is 16.3. The normalized spacial score (nSPS) is 43.3. The maximum Gasteiger partial charge on any atom is 0.470 e. The Kier molecular flexibility index (Phi) is 13.2. The second-order valence-corrected chi connectivity index (χ2v) is 13.0.